The standard InChI is InChI=1S/C14H8Cl3IO/c15-9-3-4-13(18)11(6-9)14(19)5-8-1-2-10(16)7-12(8)17/h1-4,6-7H,5H2. The molecule has 0 aliphatic rings. The Hall–Kier alpha value is -0.290. The van der Waals surface area contributed by atoms with Gasteiger partial charge in [0.15, 0.2) is 5.78 Å². The lowest BCUT2D eigenvalue weighted by Crippen LogP contribution is -2.06. The predicted molar refractivity (Wildman–Crippen MR) is 88.7 cm³/mol. The number of ketones is 1. The third kappa shape index (κ3) is 3.85. The van der Waals surface area contributed by atoms with E-state index in [4.69, 9.17) is 34.8 Å². The Bertz CT molecular complexity index is 641. The molecule has 1 nitrogen and oxygen atoms in total. The maximum Gasteiger partial charge on any atom is 0.168 e. The Balaban J connectivity index is 2.28. The molecule has 0 spiro atoms. The van der Waals surface area contributed by atoms with Gasteiger partial charge >= 0.3 is 0 Å². The molecule has 0 amide bonds. The molecular formula is C14H8Cl3IO. The molecule has 0 aliphatic carbocycles. The van der Waals surface area contributed by atoms with Gasteiger partial charge in [0.1, 0.15) is 0 Å². The average Bonchev–Trinajstić information content (AvgIpc) is 2.35. The van der Waals surface area contributed by atoms with E-state index in [2.05, 4.69) is 22.6 Å². The molecule has 98 valence electrons. The Morgan fingerprint density at radius 3 is 2.32 bits per heavy atom. The molecule has 19 heavy (non-hydrogen) atoms. The minimum absolute atomic E-state index is 0.0175. The third-order valence-electron chi connectivity index (χ3n) is 2.59. The lowest BCUT2D eigenvalue weighted by Gasteiger charge is -2.06. The van der Waals surface area contributed by atoms with E-state index in [1.165, 1.54) is 0 Å². The summed E-state index contributed by atoms with van der Waals surface area (Å²) in [5.74, 6) is -0.0175. The van der Waals surface area contributed by atoms with Crippen LogP contribution in [-0.4, -0.2) is 5.78 Å². The van der Waals surface area contributed by atoms with Crippen LogP contribution in [0.2, 0.25) is 15.1 Å². The summed E-state index contributed by atoms with van der Waals surface area (Å²) in [6, 6.07) is 10.4. The summed E-state index contributed by atoms with van der Waals surface area (Å²) in [6.07, 6.45) is 0.229. The van der Waals surface area contributed by atoms with Gasteiger partial charge < -0.3 is 0 Å². The van der Waals surface area contributed by atoms with Gasteiger partial charge in [-0.25, -0.2) is 0 Å². The number of benzene rings is 2. The molecule has 0 unspecified atom stereocenters. The molecule has 0 aliphatic heterocycles. The van der Waals surface area contributed by atoms with E-state index in [1.54, 1.807) is 30.3 Å². The molecule has 2 rings (SSSR count). The predicted octanol–water partition coefficient (Wildman–Crippen LogP) is 5.68. The number of rotatable bonds is 3. The molecular weight excluding hydrogens is 417 g/mol. The van der Waals surface area contributed by atoms with Gasteiger partial charge in [-0.1, -0.05) is 40.9 Å². The van der Waals surface area contributed by atoms with Crippen molar-refractivity contribution in [3.8, 4) is 0 Å². The molecule has 0 heterocycles. The Kier molecular flexibility index (Phi) is 5.12. The van der Waals surface area contributed by atoms with Crippen LogP contribution in [0.25, 0.3) is 0 Å². The highest BCUT2D eigenvalue weighted by Crippen LogP contribution is 2.24. The van der Waals surface area contributed by atoms with Crippen molar-refractivity contribution >= 4 is 63.2 Å². The van der Waals surface area contributed by atoms with E-state index in [0.717, 1.165) is 9.13 Å². The second-order valence-electron chi connectivity index (χ2n) is 3.96. The first-order valence-corrected chi connectivity index (χ1v) is 7.61. The smallest absolute Gasteiger partial charge is 0.168 e. The summed E-state index contributed by atoms with van der Waals surface area (Å²) in [6.45, 7) is 0. The topological polar surface area (TPSA) is 17.1 Å². The normalized spacial score (nSPS) is 10.5. The Labute approximate surface area is 140 Å². The van der Waals surface area contributed by atoms with E-state index in [0.29, 0.717) is 20.6 Å². The fraction of sp³-hybridized carbons (Fsp3) is 0.0714. The summed E-state index contributed by atoms with van der Waals surface area (Å²) < 4.78 is 0.872. The summed E-state index contributed by atoms with van der Waals surface area (Å²) in [5, 5.41) is 1.60. The van der Waals surface area contributed by atoms with E-state index in [-0.39, 0.29) is 12.2 Å². The Morgan fingerprint density at radius 2 is 1.63 bits per heavy atom. The fourth-order valence-electron chi connectivity index (χ4n) is 1.64. The highest BCUT2D eigenvalue weighted by atomic mass is 127. The van der Waals surface area contributed by atoms with Gasteiger partial charge in [0.25, 0.3) is 0 Å². The molecule has 0 N–H and O–H groups in total. The monoisotopic (exact) mass is 424 g/mol. The number of carbonyl (C=O) groups excluding carboxylic acids is 1. The third-order valence-corrected chi connectivity index (χ3v) is 4.36. The van der Waals surface area contributed by atoms with Crippen LogP contribution < -0.4 is 0 Å². The maximum atomic E-state index is 12.3. The molecule has 5 heteroatoms. The van der Waals surface area contributed by atoms with E-state index in [9.17, 15) is 4.79 Å². The largest absolute Gasteiger partial charge is 0.294 e. The minimum Gasteiger partial charge on any atom is -0.294 e. The van der Waals surface area contributed by atoms with E-state index in [1.807, 2.05) is 6.07 Å². The van der Waals surface area contributed by atoms with Crippen molar-refractivity contribution < 1.29 is 4.79 Å². The molecule has 0 aromatic heterocycles. The second kappa shape index (κ2) is 6.44. The maximum absolute atomic E-state index is 12.3. The first-order chi connectivity index (χ1) is 8.97. The summed E-state index contributed by atoms with van der Waals surface area (Å²) in [4.78, 5) is 12.3. The summed E-state index contributed by atoms with van der Waals surface area (Å²) in [7, 11) is 0. The first-order valence-electron chi connectivity index (χ1n) is 5.39. The number of halogens is 4. The lowest BCUT2D eigenvalue weighted by atomic mass is 10.0. The number of carbonyl (C=O) groups is 1. The summed E-state index contributed by atoms with van der Waals surface area (Å²) in [5.41, 5.74) is 1.37. The quantitative estimate of drug-likeness (QED) is 0.457. The minimum atomic E-state index is -0.0175. The van der Waals surface area contributed by atoms with Crippen LogP contribution in [0.4, 0.5) is 0 Å². The van der Waals surface area contributed by atoms with Crippen LogP contribution in [-0.2, 0) is 6.42 Å². The van der Waals surface area contributed by atoms with Crippen LogP contribution in [0.5, 0.6) is 0 Å². The van der Waals surface area contributed by atoms with Gasteiger partial charge in [-0.3, -0.25) is 4.79 Å². The van der Waals surface area contributed by atoms with Gasteiger partial charge in [-0.2, -0.15) is 0 Å². The zero-order chi connectivity index (χ0) is 14.0. The molecule has 0 radical (unpaired) electrons. The van der Waals surface area contributed by atoms with Crippen molar-refractivity contribution in [2.45, 2.75) is 6.42 Å². The molecule has 2 aromatic rings. The van der Waals surface area contributed by atoms with Crippen LogP contribution in [0.3, 0.4) is 0 Å². The van der Waals surface area contributed by atoms with Gasteiger partial charge in [0.05, 0.1) is 0 Å². The number of hydrogen-bond donors (Lipinski definition) is 0. The lowest BCUT2D eigenvalue weighted by molar-refractivity contribution is 0.0992. The van der Waals surface area contributed by atoms with Crippen molar-refractivity contribution in [2.75, 3.05) is 0 Å². The van der Waals surface area contributed by atoms with E-state index >= 15 is 0 Å². The first kappa shape index (κ1) is 15.1. The van der Waals surface area contributed by atoms with Gasteiger partial charge in [-0.05, 0) is 58.5 Å². The molecule has 0 atom stereocenters. The van der Waals surface area contributed by atoms with Crippen LogP contribution >= 0.6 is 57.4 Å². The van der Waals surface area contributed by atoms with E-state index < -0.39 is 0 Å². The molecule has 0 fully saturated rings. The SMILES string of the molecule is O=C(Cc1ccc(Cl)cc1Cl)c1cc(Cl)ccc1I. The van der Waals surface area contributed by atoms with Crippen molar-refractivity contribution in [2.24, 2.45) is 0 Å². The molecule has 0 bridgehead atoms. The zero-order valence-electron chi connectivity index (χ0n) is 9.59. The van der Waals surface area contributed by atoms with Gasteiger partial charge in [-0.15, -0.1) is 0 Å². The molecule has 0 saturated heterocycles. The number of Topliss-reactive ketones (excluding diaryl/α,β-unsaturated/α-hetero) is 1. The number of hydrogen-bond acceptors (Lipinski definition) is 1. The Morgan fingerprint density at radius 1 is 1.00 bits per heavy atom. The van der Waals surface area contributed by atoms with Crippen molar-refractivity contribution in [3.05, 3.63) is 66.2 Å². The van der Waals surface area contributed by atoms with Crippen LogP contribution in [0.15, 0.2) is 36.4 Å². The summed E-state index contributed by atoms with van der Waals surface area (Å²) >= 11 is 19.9. The molecule has 0 saturated carbocycles. The highest BCUT2D eigenvalue weighted by molar-refractivity contribution is 14.1. The highest BCUT2D eigenvalue weighted by Gasteiger charge is 2.13. The zero-order valence-corrected chi connectivity index (χ0v) is 14.0. The average molecular weight is 425 g/mol. The van der Waals surface area contributed by atoms with Gasteiger partial charge in [0.2, 0.25) is 0 Å². The van der Waals surface area contributed by atoms with Crippen LogP contribution in [0, 0.1) is 3.57 Å². The van der Waals surface area contributed by atoms with Crippen molar-refractivity contribution in [1.82, 2.24) is 0 Å². The fourth-order valence-corrected chi connectivity index (χ4v) is 2.93. The van der Waals surface area contributed by atoms with Crippen molar-refractivity contribution in [3.63, 3.8) is 0 Å². The second-order valence-corrected chi connectivity index (χ2v) is 6.40. The van der Waals surface area contributed by atoms with Crippen LogP contribution in [0.1, 0.15) is 15.9 Å². The molecule has 2 aromatic carbocycles. The van der Waals surface area contributed by atoms with Crippen molar-refractivity contribution in [1.29, 1.82) is 0 Å². The van der Waals surface area contributed by atoms with Gasteiger partial charge in [0, 0.05) is 30.6 Å².